The van der Waals surface area contributed by atoms with Crippen LogP contribution in [0.25, 0.3) is 0 Å². The van der Waals surface area contributed by atoms with E-state index in [9.17, 15) is 4.39 Å². The maximum absolute atomic E-state index is 13.4. The highest BCUT2D eigenvalue weighted by molar-refractivity contribution is 7.98. The number of halogens is 1. The summed E-state index contributed by atoms with van der Waals surface area (Å²) in [6.45, 7) is 2.16. The topological polar surface area (TPSA) is 0 Å². The van der Waals surface area contributed by atoms with Crippen LogP contribution in [0.2, 0.25) is 0 Å². The Hall–Kier alpha value is -1.28. The molecule has 1 atom stereocenters. The summed E-state index contributed by atoms with van der Waals surface area (Å²) >= 11 is 1.80. The van der Waals surface area contributed by atoms with Crippen LogP contribution < -0.4 is 0 Å². The van der Waals surface area contributed by atoms with Gasteiger partial charge in [0.05, 0.1) is 0 Å². The molecule has 1 unspecified atom stereocenters. The van der Waals surface area contributed by atoms with Crippen LogP contribution in [-0.4, -0.2) is 0 Å². The zero-order chi connectivity index (χ0) is 11.8. The van der Waals surface area contributed by atoms with Crippen LogP contribution in [-0.2, 0) is 5.75 Å². The van der Waals surface area contributed by atoms with Crippen LogP contribution in [0.4, 0.5) is 4.39 Å². The minimum absolute atomic E-state index is 0.143. The molecule has 3 rings (SSSR count). The second-order valence-corrected chi connectivity index (χ2v) is 5.41. The molecule has 0 nitrogen and oxygen atoms in total. The summed E-state index contributed by atoms with van der Waals surface area (Å²) in [5.41, 5.74) is 3.80. The van der Waals surface area contributed by atoms with Crippen molar-refractivity contribution in [1.29, 1.82) is 0 Å². The Morgan fingerprint density at radius 1 is 1.12 bits per heavy atom. The average molecular weight is 244 g/mol. The van der Waals surface area contributed by atoms with Gasteiger partial charge in [0.1, 0.15) is 5.82 Å². The minimum Gasteiger partial charge on any atom is -0.207 e. The number of fused-ring (bicyclic) bond motifs is 2. The van der Waals surface area contributed by atoms with Gasteiger partial charge in [-0.3, -0.25) is 0 Å². The molecule has 0 fully saturated rings. The van der Waals surface area contributed by atoms with Gasteiger partial charge in [0.15, 0.2) is 0 Å². The molecular formula is C15H13FS. The lowest BCUT2D eigenvalue weighted by Crippen LogP contribution is -1.99. The lowest BCUT2D eigenvalue weighted by atomic mass is 9.90. The van der Waals surface area contributed by atoms with Crippen molar-refractivity contribution in [2.24, 2.45) is 0 Å². The van der Waals surface area contributed by atoms with Crippen LogP contribution >= 0.6 is 11.8 Å². The number of thioether (sulfide) groups is 1. The summed E-state index contributed by atoms with van der Waals surface area (Å²) in [5, 5.41) is 0. The predicted molar refractivity (Wildman–Crippen MR) is 69.9 cm³/mol. The van der Waals surface area contributed by atoms with E-state index >= 15 is 0 Å². The van der Waals surface area contributed by atoms with Crippen molar-refractivity contribution < 1.29 is 4.39 Å². The molecule has 86 valence electrons. The summed E-state index contributed by atoms with van der Waals surface area (Å²) < 4.78 is 13.4. The average Bonchev–Trinajstić information content (AvgIpc) is 2.49. The first-order valence-electron chi connectivity index (χ1n) is 5.76. The van der Waals surface area contributed by atoms with Gasteiger partial charge in [-0.25, -0.2) is 4.39 Å². The molecule has 2 heteroatoms. The third-order valence-electron chi connectivity index (χ3n) is 3.34. The van der Waals surface area contributed by atoms with E-state index in [0.29, 0.717) is 0 Å². The molecule has 1 heterocycles. The minimum atomic E-state index is -0.143. The maximum Gasteiger partial charge on any atom is 0.123 e. The Morgan fingerprint density at radius 2 is 1.94 bits per heavy atom. The smallest absolute Gasteiger partial charge is 0.123 e. The first-order valence-corrected chi connectivity index (χ1v) is 6.74. The molecule has 17 heavy (non-hydrogen) atoms. The van der Waals surface area contributed by atoms with E-state index in [2.05, 4.69) is 31.2 Å². The molecule has 2 aromatic carbocycles. The molecule has 0 radical (unpaired) electrons. The van der Waals surface area contributed by atoms with Gasteiger partial charge in [0.25, 0.3) is 0 Å². The zero-order valence-corrected chi connectivity index (χ0v) is 10.4. The second-order valence-electron chi connectivity index (χ2n) is 4.39. The number of rotatable bonds is 0. The van der Waals surface area contributed by atoms with Gasteiger partial charge >= 0.3 is 0 Å². The molecular weight excluding hydrogens is 231 g/mol. The molecule has 0 spiro atoms. The van der Waals surface area contributed by atoms with Crippen molar-refractivity contribution in [1.82, 2.24) is 0 Å². The first kappa shape index (κ1) is 10.8. The van der Waals surface area contributed by atoms with E-state index in [-0.39, 0.29) is 11.7 Å². The fourth-order valence-electron chi connectivity index (χ4n) is 2.40. The van der Waals surface area contributed by atoms with Gasteiger partial charge in [-0.2, -0.15) is 0 Å². The second kappa shape index (κ2) is 4.19. The van der Waals surface area contributed by atoms with Crippen LogP contribution in [0.1, 0.15) is 29.5 Å². The summed E-state index contributed by atoms with van der Waals surface area (Å²) in [7, 11) is 0. The molecule has 0 bridgehead atoms. The lowest BCUT2D eigenvalue weighted by molar-refractivity contribution is 0.622. The van der Waals surface area contributed by atoms with Crippen molar-refractivity contribution in [3.8, 4) is 0 Å². The highest BCUT2D eigenvalue weighted by Crippen LogP contribution is 2.40. The van der Waals surface area contributed by atoms with Gasteiger partial charge in [-0.15, -0.1) is 11.8 Å². The molecule has 1 aliphatic heterocycles. The van der Waals surface area contributed by atoms with Crippen LogP contribution in [0.15, 0.2) is 47.4 Å². The largest absolute Gasteiger partial charge is 0.207 e. The van der Waals surface area contributed by atoms with E-state index in [0.717, 1.165) is 11.3 Å². The molecule has 2 aromatic rings. The van der Waals surface area contributed by atoms with Crippen molar-refractivity contribution in [2.75, 3.05) is 0 Å². The highest BCUT2D eigenvalue weighted by atomic mass is 32.2. The summed E-state index contributed by atoms with van der Waals surface area (Å²) in [5.74, 6) is 1.10. The van der Waals surface area contributed by atoms with E-state index in [1.165, 1.54) is 16.0 Å². The van der Waals surface area contributed by atoms with E-state index in [1.807, 2.05) is 6.07 Å². The summed E-state index contributed by atoms with van der Waals surface area (Å²) in [6, 6.07) is 13.6. The Balaban J connectivity index is 2.18. The Kier molecular flexibility index (Phi) is 2.67. The number of hydrogen-bond donors (Lipinski definition) is 0. The van der Waals surface area contributed by atoms with E-state index in [1.54, 1.807) is 23.9 Å². The SMILES string of the molecule is CC1c2ccccc2CSc2ccc(F)cc21. The normalized spacial score (nSPS) is 18.1. The molecule has 1 aliphatic rings. The number of benzene rings is 2. The van der Waals surface area contributed by atoms with Crippen molar-refractivity contribution in [3.63, 3.8) is 0 Å². The Labute approximate surface area is 105 Å². The standard InChI is InChI=1S/C15H13FS/c1-10-13-5-3-2-4-11(13)9-17-15-7-6-12(16)8-14(10)15/h2-8,10H,9H2,1H3. The Morgan fingerprint density at radius 3 is 2.82 bits per heavy atom. The first-order chi connectivity index (χ1) is 8.25. The van der Waals surface area contributed by atoms with Gasteiger partial charge in [-0.1, -0.05) is 31.2 Å². The molecule has 0 saturated heterocycles. The molecule has 0 N–H and O–H groups in total. The Bertz CT molecular complexity index is 563. The summed E-state index contributed by atoms with van der Waals surface area (Å²) in [6.07, 6.45) is 0. The van der Waals surface area contributed by atoms with Crippen LogP contribution in [0, 0.1) is 5.82 Å². The monoisotopic (exact) mass is 244 g/mol. The van der Waals surface area contributed by atoms with Crippen molar-refractivity contribution in [3.05, 3.63) is 65.0 Å². The fourth-order valence-corrected chi connectivity index (χ4v) is 3.54. The van der Waals surface area contributed by atoms with Gasteiger partial charge < -0.3 is 0 Å². The van der Waals surface area contributed by atoms with Crippen LogP contribution in [0.5, 0.6) is 0 Å². The fraction of sp³-hybridized carbons (Fsp3) is 0.200. The number of hydrogen-bond acceptors (Lipinski definition) is 1. The van der Waals surface area contributed by atoms with Gasteiger partial charge in [0, 0.05) is 16.6 Å². The highest BCUT2D eigenvalue weighted by Gasteiger charge is 2.20. The van der Waals surface area contributed by atoms with Gasteiger partial charge in [0.2, 0.25) is 0 Å². The summed E-state index contributed by atoms with van der Waals surface area (Å²) in [4.78, 5) is 1.20. The third kappa shape index (κ3) is 1.87. The third-order valence-corrected chi connectivity index (χ3v) is 4.48. The quantitative estimate of drug-likeness (QED) is 0.653. The van der Waals surface area contributed by atoms with Crippen LogP contribution in [0.3, 0.4) is 0 Å². The van der Waals surface area contributed by atoms with Gasteiger partial charge in [-0.05, 0) is 34.9 Å². The molecule has 0 aliphatic carbocycles. The van der Waals surface area contributed by atoms with Crippen molar-refractivity contribution >= 4 is 11.8 Å². The lowest BCUT2D eigenvalue weighted by Gasteiger charge is -2.14. The van der Waals surface area contributed by atoms with Crippen molar-refractivity contribution in [2.45, 2.75) is 23.5 Å². The zero-order valence-electron chi connectivity index (χ0n) is 9.61. The predicted octanol–water partition coefficient (Wildman–Crippen LogP) is 4.58. The molecule has 0 aromatic heterocycles. The van der Waals surface area contributed by atoms with E-state index in [4.69, 9.17) is 0 Å². The maximum atomic E-state index is 13.4. The molecule has 0 saturated carbocycles. The molecule has 0 amide bonds. The van der Waals surface area contributed by atoms with E-state index < -0.39 is 0 Å².